The summed E-state index contributed by atoms with van der Waals surface area (Å²) in [6.07, 6.45) is 4.15. The zero-order valence-corrected chi connectivity index (χ0v) is 10.4. The largest absolute Gasteiger partial charge is 0.370 e. The Hall–Kier alpha value is -1.29. The highest BCUT2D eigenvalue weighted by molar-refractivity contribution is 6.30. The SMILES string of the molecule is NC(=O)CC1CCN(c2ccc(Cl)cn2)CC1. The lowest BCUT2D eigenvalue weighted by Gasteiger charge is -2.32. The molecule has 0 aliphatic carbocycles. The molecule has 0 atom stereocenters. The van der Waals surface area contributed by atoms with Crippen LogP contribution in [0.25, 0.3) is 0 Å². The summed E-state index contributed by atoms with van der Waals surface area (Å²) in [5.41, 5.74) is 5.21. The van der Waals surface area contributed by atoms with Crippen LogP contribution in [0.1, 0.15) is 19.3 Å². The standard InChI is InChI=1S/C12H16ClN3O/c13-10-1-2-12(15-8-10)16-5-3-9(4-6-16)7-11(14)17/h1-2,8-9H,3-7H2,(H2,14,17). The molecule has 0 spiro atoms. The molecule has 2 rings (SSSR count). The average Bonchev–Trinajstić information content (AvgIpc) is 2.30. The number of nitrogens with zero attached hydrogens (tertiary/aromatic N) is 2. The summed E-state index contributed by atoms with van der Waals surface area (Å²) in [6, 6.07) is 3.77. The first-order valence-corrected chi connectivity index (χ1v) is 6.18. The first-order valence-electron chi connectivity index (χ1n) is 5.80. The van der Waals surface area contributed by atoms with Crippen LogP contribution < -0.4 is 10.6 Å². The van der Waals surface area contributed by atoms with Crippen molar-refractivity contribution >= 4 is 23.3 Å². The van der Waals surface area contributed by atoms with E-state index in [0.717, 1.165) is 31.7 Å². The molecule has 1 amide bonds. The predicted molar refractivity (Wildman–Crippen MR) is 68.0 cm³/mol. The molecule has 0 bridgehead atoms. The number of aromatic nitrogens is 1. The number of hydrogen-bond donors (Lipinski definition) is 1. The van der Waals surface area contributed by atoms with Crippen molar-refractivity contribution in [2.45, 2.75) is 19.3 Å². The highest BCUT2D eigenvalue weighted by Gasteiger charge is 2.21. The van der Waals surface area contributed by atoms with Crippen LogP contribution in [-0.4, -0.2) is 24.0 Å². The van der Waals surface area contributed by atoms with Crippen LogP contribution in [0.15, 0.2) is 18.3 Å². The first-order chi connectivity index (χ1) is 8.15. The molecule has 1 aliphatic heterocycles. The van der Waals surface area contributed by atoms with E-state index in [1.54, 1.807) is 6.20 Å². The molecule has 1 saturated heterocycles. The topological polar surface area (TPSA) is 59.2 Å². The molecule has 2 heterocycles. The second-order valence-electron chi connectivity index (χ2n) is 4.44. The molecule has 0 aromatic carbocycles. The third-order valence-corrected chi connectivity index (χ3v) is 3.36. The van der Waals surface area contributed by atoms with Crippen molar-refractivity contribution < 1.29 is 4.79 Å². The molecule has 0 radical (unpaired) electrons. The van der Waals surface area contributed by atoms with Gasteiger partial charge in [-0.05, 0) is 30.9 Å². The van der Waals surface area contributed by atoms with E-state index in [9.17, 15) is 4.79 Å². The molecule has 17 heavy (non-hydrogen) atoms. The second kappa shape index (κ2) is 5.36. The van der Waals surface area contributed by atoms with Crippen molar-refractivity contribution in [2.75, 3.05) is 18.0 Å². The number of carbonyl (C=O) groups is 1. The van der Waals surface area contributed by atoms with E-state index >= 15 is 0 Å². The number of halogens is 1. The van der Waals surface area contributed by atoms with Gasteiger partial charge in [-0.25, -0.2) is 4.98 Å². The minimum absolute atomic E-state index is 0.201. The molecule has 0 saturated carbocycles. The molecular weight excluding hydrogens is 238 g/mol. The Labute approximate surface area is 106 Å². The Morgan fingerprint density at radius 1 is 1.47 bits per heavy atom. The van der Waals surface area contributed by atoms with E-state index in [0.29, 0.717) is 17.4 Å². The number of anilines is 1. The fraction of sp³-hybridized carbons (Fsp3) is 0.500. The third kappa shape index (κ3) is 3.33. The van der Waals surface area contributed by atoms with Crippen LogP contribution in [0.2, 0.25) is 5.02 Å². The van der Waals surface area contributed by atoms with Gasteiger partial charge in [0.1, 0.15) is 5.82 Å². The van der Waals surface area contributed by atoms with E-state index in [1.165, 1.54) is 0 Å². The second-order valence-corrected chi connectivity index (χ2v) is 4.87. The van der Waals surface area contributed by atoms with Gasteiger partial charge in [0.15, 0.2) is 0 Å². The Morgan fingerprint density at radius 3 is 2.71 bits per heavy atom. The van der Waals surface area contributed by atoms with Gasteiger partial charge < -0.3 is 10.6 Å². The summed E-state index contributed by atoms with van der Waals surface area (Å²) in [6.45, 7) is 1.85. The molecular formula is C12H16ClN3O. The number of hydrogen-bond acceptors (Lipinski definition) is 3. The number of primary amides is 1. The van der Waals surface area contributed by atoms with Crippen molar-refractivity contribution in [3.63, 3.8) is 0 Å². The van der Waals surface area contributed by atoms with Gasteiger partial charge in [-0.15, -0.1) is 0 Å². The van der Waals surface area contributed by atoms with Gasteiger partial charge in [-0.2, -0.15) is 0 Å². The average molecular weight is 254 g/mol. The Morgan fingerprint density at radius 2 is 2.18 bits per heavy atom. The molecule has 1 aromatic rings. The maximum atomic E-state index is 10.8. The normalized spacial score (nSPS) is 17.1. The van der Waals surface area contributed by atoms with Crippen LogP contribution in [0.4, 0.5) is 5.82 Å². The lowest BCUT2D eigenvalue weighted by molar-refractivity contribution is -0.119. The van der Waals surface area contributed by atoms with E-state index < -0.39 is 0 Å². The predicted octanol–water partition coefficient (Wildman–Crippen LogP) is 1.83. The number of carbonyl (C=O) groups excluding carboxylic acids is 1. The minimum Gasteiger partial charge on any atom is -0.370 e. The number of nitrogens with two attached hydrogens (primary N) is 1. The summed E-state index contributed by atoms with van der Waals surface area (Å²) in [4.78, 5) is 17.3. The number of pyridine rings is 1. The van der Waals surface area contributed by atoms with Crippen LogP contribution >= 0.6 is 11.6 Å². The van der Waals surface area contributed by atoms with E-state index in [1.807, 2.05) is 12.1 Å². The minimum atomic E-state index is -0.201. The molecule has 2 N–H and O–H groups in total. The van der Waals surface area contributed by atoms with Crippen molar-refractivity contribution in [3.8, 4) is 0 Å². The molecule has 1 aromatic heterocycles. The third-order valence-electron chi connectivity index (χ3n) is 3.14. The van der Waals surface area contributed by atoms with Crippen molar-refractivity contribution in [3.05, 3.63) is 23.4 Å². The Kier molecular flexibility index (Phi) is 3.84. The fourth-order valence-corrected chi connectivity index (χ4v) is 2.32. The van der Waals surface area contributed by atoms with E-state index in [4.69, 9.17) is 17.3 Å². The van der Waals surface area contributed by atoms with Crippen molar-refractivity contribution in [1.29, 1.82) is 0 Å². The van der Waals surface area contributed by atoms with Gasteiger partial charge in [0.25, 0.3) is 0 Å². The van der Waals surface area contributed by atoms with Gasteiger partial charge in [-0.3, -0.25) is 4.79 Å². The van der Waals surface area contributed by atoms with E-state index in [-0.39, 0.29) is 5.91 Å². The monoisotopic (exact) mass is 253 g/mol. The molecule has 5 heteroatoms. The summed E-state index contributed by atoms with van der Waals surface area (Å²) in [7, 11) is 0. The highest BCUT2D eigenvalue weighted by Crippen LogP contribution is 2.24. The molecule has 1 fully saturated rings. The molecule has 4 nitrogen and oxygen atoms in total. The summed E-state index contributed by atoms with van der Waals surface area (Å²) < 4.78 is 0. The zero-order valence-electron chi connectivity index (χ0n) is 9.60. The lowest BCUT2D eigenvalue weighted by atomic mass is 9.93. The number of amides is 1. The van der Waals surface area contributed by atoms with E-state index in [2.05, 4.69) is 9.88 Å². The van der Waals surface area contributed by atoms with Gasteiger partial charge >= 0.3 is 0 Å². The lowest BCUT2D eigenvalue weighted by Crippen LogP contribution is -2.35. The Balaban J connectivity index is 1.90. The maximum absolute atomic E-state index is 10.8. The maximum Gasteiger partial charge on any atom is 0.217 e. The first kappa shape index (κ1) is 12.2. The van der Waals surface area contributed by atoms with Gasteiger partial charge in [0.2, 0.25) is 5.91 Å². The van der Waals surface area contributed by atoms with Crippen molar-refractivity contribution in [2.24, 2.45) is 11.7 Å². The van der Waals surface area contributed by atoms with Crippen LogP contribution in [0.5, 0.6) is 0 Å². The summed E-state index contributed by atoms with van der Waals surface area (Å²) in [5, 5.41) is 0.650. The summed E-state index contributed by atoms with van der Waals surface area (Å²) in [5.74, 6) is 1.18. The fourth-order valence-electron chi connectivity index (χ4n) is 2.21. The number of piperidine rings is 1. The molecule has 0 unspecified atom stereocenters. The molecule has 92 valence electrons. The molecule has 1 aliphatic rings. The van der Waals surface area contributed by atoms with Crippen LogP contribution in [0, 0.1) is 5.92 Å². The van der Waals surface area contributed by atoms with Crippen molar-refractivity contribution in [1.82, 2.24) is 4.98 Å². The van der Waals surface area contributed by atoms with Gasteiger partial charge in [0.05, 0.1) is 5.02 Å². The highest BCUT2D eigenvalue weighted by atomic mass is 35.5. The zero-order chi connectivity index (χ0) is 12.3. The summed E-state index contributed by atoms with van der Waals surface area (Å²) >= 11 is 5.80. The Bertz CT molecular complexity index is 385. The van der Waals surface area contributed by atoms with Crippen LogP contribution in [-0.2, 0) is 4.79 Å². The quantitative estimate of drug-likeness (QED) is 0.894. The number of rotatable bonds is 3. The smallest absolute Gasteiger partial charge is 0.217 e. The van der Waals surface area contributed by atoms with Gasteiger partial charge in [0, 0.05) is 25.7 Å². The van der Waals surface area contributed by atoms with Crippen LogP contribution in [0.3, 0.4) is 0 Å². The van der Waals surface area contributed by atoms with Gasteiger partial charge in [-0.1, -0.05) is 11.6 Å².